The number of thioether (sulfide) groups is 1. The molecule has 3 nitrogen and oxygen atoms in total. The minimum Gasteiger partial charge on any atom is -0.300 e. The number of halogens is 4. The Morgan fingerprint density at radius 1 is 1.08 bits per heavy atom. The molecule has 128 valence electrons. The van der Waals surface area contributed by atoms with Gasteiger partial charge in [-0.05, 0) is 53.7 Å². The Bertz CT molecular complexity index is 873. The zero-order chi connectivity index (χ0) is 18.0. The minimum atomic E-state index is -4.48. The number of benzene rings is 2. The summed E-state index contributed by atoms with van der Waals surface area (Å²) in [5.74, 6) is -0.244. The van der Waals surface area contributed by atoms with Crippen LogP contribution in [0.3, 0.4) is 0 Å². The lowest BCUT2D eigenvalue weighted by Crippen LogP contribution is -2.18. The van der Waals surface area contributed by atoms with Crippen molar-refractivity contribution in [3.63, 3.8) is 0 Å². The average Bonchev–Trinajstić information content (AvgIpc) is 2.88. The molecular formula is C17H10F4N2OS. The van der Waals surface area contributed by atoms with E-state index in [1.54, 1.807) is 6.08 Å². The molecule has 0 aromatic heterocycles. The van der Waals surface area contributed by atoms with E-state index in [1.807, 2.05) is 0 Å². The predicted molar refractivity (Wildman–Crippen MR) is 89.0 cm³/mol. The third-order valence-electron chi connectivity index (χ3n) is 3.24. The highest BCUT2D eigenvalue weighted by atomic mass is 32.2. The molecule has 2 aromatic carbocycles. The molecule has 1 aliphatic heterocycles. The molecule has 0 saturated carbocycles. The van der Waals surface area contributed by atoms with E-state index in [0.29, 0.717) is 10.5 Å². The van der Waals surface area contributed by atoms with E-state index in [4.69, 9.17) is 0 Å². The number of carbonyl (C=O) groups excluding carboxylic acids is 1. The first-order chi connectivity index (χ1) is 11.8. The highest BCUT2D eigenvalue weighted by molar-refractivity contribution is 8.18. The summed E-state index contributed by atoms with van der Waals surface area (Å²) in [6, 6.07) is 10.1. The number of alkyl halides is 3. The van der Waals surface area contributed by atoms with Gasteiger partial charge in [0.25, 0.3) is 5.24 Å². The lowest BCUT2D eigenvalue weighted by atomic mass is 10.2. The molecule has 1 N–H and O–H groups in total. The zero-order valence-electron chi connectivity index (χ0n) is 12.5. The third-order valence-corrected chi connectivity index (χ3v) is 4.06. The van der Waals surface area contributed by atoms with E-state index in [0.717, 1.165) is 23.9 Å². The van der Waals surface area contributed by atoms with Crippen molar-refractivity contribution in [1.29, 1.82) is 0 Å². The summed E-state index contributed by atoms with van der Waals surface area (Å²) >= 11 is 0.866. The maximum atomic E-state index is 13.0. The van der Waals surface area contributed by atoms with Crippen LogP contribution in [0.25, 0.3) is 6.08 Å². The average molecular weight is 366 g/mol. The number of hydrogen-bond donors (Lipinski definition) is 1. The molecule has 3 rings (SSSR count). The lowest BCUT2D eigenvalue weighted by Gasteiger charge is -2.07. The third kappa shape index (κ3) is 4.27. The van der Waals surface area contributed by atoms with E-state index in [1.165, 1.54) is 36.4 Å². The van der Waals surface area contributed by atoms with Gasteiger partial charge in [-0.25, -0.2) is 9.38 Å². The first-order valence-electron chi connectivity index (χ1n) is 7.04. The van der Waals surface area contributed by atoms with Crippen molar-refractivity contribution in [3.05, 3.63) is 70.4 Å². The van der Waals surface area contributed by atoms with Crippen molar-refractivity contribution in [2.75, 3.05) is 0 Å². The van der Waals surface area contributed by atoms with Crippen LogP contribution in [-0.4, -0.2) is 11.1 Å². The number of nitrogens with one attached hydrogen (secondary N) is 1. The van der Waals surface area contributed by atoms with Gasteiger partial charge in [-0.15, -0.1) is 0 Å². The molecule has 8 heteroatoms. The van der Waals surface area contributed by atoms with Gasteiger partial charge < -0.3 is 5.32 Å². The first-order valence-corrected chi connectivity index (χ1v) is 7.85. The summed E-state index contributed by atoms with van der Waals surface area (Å²) in [6.07, 6.45) is -2.87. The van der Waals surface area contributed by atoms with Crippen LogP contribution in [0.2, 0.25) is 0 Å². The van der Waals surface area contributed by atoms with Gasteiger partial charge in [0.2, 0.25) is 0 Å². The summed E-state index contributed by atoms with van der Waals surface area (Å²) in [5, 5.41) is 2.10. The topological polar surface area (TPSA) is 41.5 Å². The molecule has 1 amide bonds. The van der Waals surface area contributed by atoms with Crippen LogP contribution in [0, 0.1) is 5.82 Å². The lowest BCUT2D eigenvalue weighted by molar-refractivity contribution is -0.137. The fourth-order valence-corrected chi connectivity index (χ4v) is 2.84. The number of rotatable bonds is 2. The minimum absolute atomic E-state index is 0.0673. The fourth-order valence-electron chi connectivity index (χ4n) is 2.10. The summed E-state index contributed by atoms with van der Waals surface area (Å²) in [4.78, 5) is 16.2. The predicted octanol–water partition coefficient (Wildman–Crippen LogP) is 5.37. The van der Waals surface area contributed by atoms with Gasteiger partial charge in [-0.2, -0.15) is 13.2 Å². The molecule has 0 unspecified atom stereocenters. The van der Waals surface area contributed by atoms with Gasteiger partial charge in [-0.3, -0.25) is 4.79 Å². The number of amidine groups is 1. The number of amides is 1. The molecule has 1 heterocycles. The van der Waals surface area contributed by atoms with E-state index < -0.39 is 17.6 Å². The monoisotopic (exact) mass is 366 g/mol. The highest BCUT2D eigenvalue weighted by Crippen LogP contribution is 2.33. The van der Waals surface area contributed by atoms with Crippen LogP contribution >= 0.6 is 11.8 Å². The van der Waals surface area contributed by atoms with Crippen LogP contribution in [-0.2, 0) is 6.18 Å². The molecule has 2 aromatic rings. The largest absolute Gasteiger partial charge is 0.416 e. The van der Waals surface area contributed by atoms with Crippen LogP contribution in [0.1, 0.15) is 11.1 Å². The van der Waals surface area contributed by atoms with Crippen molar-refractivity contribution in [2.24, 2.45) is 4.99 Å². The van der Waals surface area contributed by atoms with E-state index in [2.05, 4.69) is 10.3 Å². The van der Waals surface area contributed by atoms with Crippen molar-refractivity contribution in [1.82, 2.24) is 5.32 Å². The van der Waals surface area contributed by atoms with Gasteiger partial charge in [0, 0.05) is 0 Å². The second kappa shape index (κ2) is 6.72. The Morgan fingerprint density at radius 2 is 1.80 bits per heavy atom. The van der Waals surface area contributed by atoms with Crippen molar-refractivity contribution in [2.45, 2.75) is 6.18 Å². The fraction of sp³-hybridized carbons (Fsp3) is 0.0588. The molecule has 0 spiro atoms. The van der Waals surface area contributed by atoms with Crippen molar-refractivity contribution < 1.29 is 22.4 Å². The van der Waals surface area contributed by atoms with E-state index in [-0.39, 0.29) is 16.8 Å². The summed E-state index contributed by atoms with van der Waals surface area (Å²) in [7, 11) is 0. The highest BCUT2D eigenvalue weighted by Gasteiger charge is 2.30. The Balaban J connectivity index is 1.95. The Hall–Kier alpha value is -2.61. The number of nitrogens with zero attached hydrogens (tertiary/aromatic N) is 1. The summed E-state index contributed by atoms with van der Waals surface area (Å²) in [6.45, 7) is 0. The van der Waals surface area contributed by atoms with E-state index in [9.17, 15) is 22.4 Å². The molecule has 1 saturated heterocycles. The quantitative estimate of drug-likeness (QED) is 0.726. The molecule has 0 aliphatic carbocycles. The number of hydrogen-bond acceptors (Lipinski definition) is 3. The van der Waals surface area contributed by atoms with Crippen molar-refractivity contribution in [3.8, 4) is 0 Å². The van der Waals surface area contributed by atoms with Gasteiger partial charge in [-0.1, -0.05) is 18.2 Å². The van der Waals surface area contributed by atoms with Crippen molar-refractivity contribution >= 4 is 34.6 Å². The summed E-state index contributed by atoms with van der Waals surface area (Å²) in [5.41, 5.74) is -0.120. The maximum Gasteiger partial charge on any atom is 0.416 e. The Kier molecular flexibility index (Phi) is 4.63. The molecule has 1 aliphatic rings. The van der Waals surface area contributed by atoms with Gasteiger partial charge in [0.05, 0.1) is 16.2 Å². The second-order valence-electron chi connectivity index (χ2n) is 5.08. The zero-order valence-corrected chi connectivity index (χ0v) is 13.3. The van der Waals surface area contributed by atoms with Gasteiger partial charge in [0.1, 0.15) is 11.7 Å². The molecular weight excluding hydrogens is 356 g/mol. The molecule has 0 bridgehead atoms. The molecule has 0 radical (unpaired) electrons. The molecule has 1 fully saturated rings. The van der Waals surface area contributed by atoms with Gasteiger partial charge >= 0.3 is 6.18 Å². The Labute approximate surface area is 144 Å². The standard InChI is InChI=1S/C17H10F4N2OS/c18-12-6-4-10(5-7-12)8-14-15(23-16(24)25-14)22-13-3-1-2-11(9-13)17(19,20)21/h1-9H,(H,22,23,24)/b14-8-. The van der Waals surface area contributed by atoms with Gasteiger partial charge in [0.15, 0.2) is 0 Å². The first kappa shape index (κ1) is 17.2. The second-order valence-corrected chi connectivity index (χ2v) is 6.10. The number of aliphatic imine (C=N–C) groups is 1. The maximum absolute atomic E-state index is 13.0. The SMILES string of the molecule is O=C1NC(=Nc2cccc(C(F)(F)F)c2)/C(=C/c2ccc(F)cc2)S1. The van der Waals surface area contributed by atoms with Crippen LogP contribution in [0.15, 0.2) is 58.4 Å². The Morgan fingerprint density at radius 3 is 2.48 bits per heavy atom. The van der Waals surface area contributed by atoms with Crippen LogP contribution in [0.5, 0.6) is 0 Å². The normalized spacial score (nSPS) is 18.0. The molecule has 0 atom stereocenters. The van der Waals surface area contributed by atoms with E-state index >= 15 is 0 Å². The summed E-state index contributed by atoms with van der Waals surface area (Å²) < 4.78 is 51.3. The van der Waals surface area contributed by atoms with Crippen LogP contribution in [0.4, 0.5) is 28.0 Å². The molecule has 25 heavy (non-hydrogen) atoms. The smallest absolute Gasteiger partial charge is 0.300 e. The van der Waals surface area contributed by atoms with Crippen LogP contribution < -0.4 is 5.32 Å². The number of carbonyl (C=O) groups is 1.